The van der Waals surface area contributed by atoms with E-state index in [1.165, 1.54) is 0 Å². The third-order valence-electron chi connectivity index (χ3n) is 2.61. The van der Waals surface area contributed by atoms with Gasteiger partial charge in [-0.3, -0.25) is 0 Å². The molecule has 0 heterocycles. The van der Waals surface area contributed by atoms with Gasteiger partial charge in [-0.15, -0.1) is 0 Å². The van der Waals surface area contributed by atoms with E-state index in [4.69, 9.17) is 5.11 Å². The van der Waals surface area contributed by atoms with Crippen LogP contribution in [-0.2, 0) is 4.79 Å². The molecule has 0 aromatic rings. The number of carbonyl (C=O) groups is 1. The summed E-state index contributed by atoms with van der Waals surface area (Å²) in [6.07, 6.45) is 2.57. The Bertz CT molecular complexity index is 198. The fourth-order valence-corrected chi connectivity index (χ4v) is 2.01. The lowest BCUT2D eigenvalue weighted by Crippen LogP contribution is -2.45. The number of hydrogen-bond donors (Lipinski definition) is 2. The zero-order valence-corrected chi connectivity index (χ0v) is 7.63. The molecular weight excluding hydrogens is 156 g/mol. The average Bonchev–Trinajstić information content (AvgIpc) is 1.83. The summed E-state index contributed by atoms with van der Waals surface area (Å²) in [6.45, 7) is 4.00. The summed E-state index contributed by atoms with van der Waals surface area (Å²) in [5.41, 5.74) is -1.51. The van der Waals surface area contributed by atoms with Crippen LogP contribution < -0.4 is 0 Å². The Labute approximate surface area is 72.4 Å². The van der Waals surface area contributed by atoms with E-state index in [1.807, 2.05) is 13.8 Å². The number of carboxylic acid groups (broad SMARTS) is 1. The minimum atomic E-state index is -1.47. The zero-order chi connectivity index (χ0) is 9.41. The molecule has 3 heteroatoms. The lowest BCUT2D eigenvalue weighted by atomic mass is 9.70. The summed E-state index contributed by atoms with van der Waals surface area (Å²) in [6, 6.07) is 0. The highest BCUT2D eigenvalue weighted by atomic mass is 16.4. The number of carboxylic acids is 1. The van der Waals surface area contributed by atoms with Crippen molar-refractivity contribution in [2.75, 3.05) is 0 Å². The van der Waals surface area contributed by atoms with Crippen molar-refractivity contribution in [2.24, 2.45) is 5.41 Å². The highest BCUT2D eigenvalue weighted by Crippen LogP contribution is 2.40. The first kappa shape index (κ1) is 9.52. The van der Waals surface area contributed by atoms with Gasteiger partial charge in [-0.05, 0) is 31.1 Å². The van der Waals surface area contributed by atoms with Crippen molar-refractivity contribution < 1.29 is 15.0 Å². The van der Waals surface area contributed by atoms with Crippen LogP contribution in [-0.4, -0.2) is 21.8 Å². The van der Waals surface area contributed by atoms with Crippen molar-refractivity contribution in [1.82, 2.24) is 0 Å². The van der Waals surface area contributed by atoms with Crippen LogP contribution in [0, 0.1) is 5.41 Å². The molecule has 0 aromatic carbocycles. The zero-order valence-electron chi connectivity index (χ0n) is 7.63. The Morgan fingerprint density at radius 1 is 1.33 bits per heavy atom. The molecule has 12 heavy (non-hydrogen) atoms. The fourth-order valence-electron chi connectivity index (χ4n) is 2.01. The molecular formula is C9H16O3. The predicted molar refractivity (Wildman–Crippen MR) is 44.8 cm³/mol. The van der Waals surface area contributed by atoms with E-state index >= 15 is 0 Å². The number of aliphatic hydroxyl groups is 1. The monoisotopic (exact) mass is 172 g/mol. The summed E-state index contributed by atoms with van der Waals surface area (Å²) in [7, 11) is 0. The summed E-state index contributed by atoms with van der Waals surface area (Å²) >= 11 is 0. The lowest BCUT2D eigenvalue weighted by molar-refractivity contribution is -0.166. The minimum absolute atomic E-state index is 0.0363. The molecule has 70 valence electrons. The molecule has 0 radical (unpaired) electrons. The maximum absolute atomic E-state index is 10.7. The lowest BCUT2D eigenvalue weighted by Gasteiger charge is -2.38. The molecule has 3 nitrogen and oxygen atoms in total. The van der Waals surface area contributed by atoms with E-state index in [0.29, 0.717) is 12.8 Å². The van der Waals surface area contributed by atoms with Gasteiger partial charge in [0.2, 0.25) is 0 Å². The van der Waals surface area contributed by atoms with Crippen molar-refractivity contribution in [3.63, 3.8) is 0 Å². The first-order chi connectivity index (χ1) is 5.36. The number of aliphatic carboxylic acids is 1. The molecule has 1 atom stereocenters. The number of rotatable bonds is 1. The highest BCUT2D eigenvalue weighted by molar-refractivity contribution is 5.77. The maximum Gasteiger partial charge on any atom is 0.335 e. The van der Waals surface area contributed by atoms with Gasteiger partial charge in [0.05, 0.1) is 0 Å². The summed E-state index contributed by atoms with van der Waals surface area (Å²) in [4.78, 5) is 10.7. The quantitative estimate of drug-likeness (QED) is 0.628. The minimum Gasteiger partial charge on any atom is -0.479 e. The molecule has 1 unspecified atom stereocenters. The Morgan fingerprint density at radius 2 is 1.92 bits per heavy atom. The SMILES string of the molecule is CC1(C)CCCC(O)(C(=O)O)C1. The molecule has 1 aliphatic carbocycles. The summed E-state index contributed by atoms with van der Waals surface area (Å²) in [5.74, 6) is -1.07. The molecule has 2 N–H and O–H groups in total. The van der Waals surface area contributed by atoms with Gasteiger partial charge in [0.25, 0.3) is 0 Å². The van der Waals surface area contributed by atoms with Crippen LogP contribution >= 0.6 is 0 Å². The molecule has 0 aromatic heterocycles. The van der Waals surface area contributed by atoms with E-state index in [9.17, 15) is 9.90 Å². The molecule has 0 amide bonds. The second kappa shape index (κ2) is 2.73. The molecule has 0 saturated heterocycles. The van der Waals surface area contributed by atoms with E-state index in [2.05, 4.69) is 0 Å². The Kier molecular flexibility index (Phi) is 2.17. The molecule has 1 aliphatic rings. The normalized spacial score (nSPS) is 34.6. The third kappa shape index (κ3) is 1.78. The van der Waals surface area contributed by atoms with Gasteiger partial charge >= 0.3 is 5.97 Å². The second-order valence-electron chi connectivity index (χ2n) is 4.53. The van der Waals surface area contributed by atoms with Crippen molar-refractivity contribution in [3.8, 4) is 0 Å². The Morgan fingerprint density at radius 3 is 2.25 bits per heavy atom. The van der Waals surface area contributed by atoms with Crippen LogP contribution in [0.25, 0.3) is 0 Å². The van der Waals surface area contributed by atoms with Gasteiger partial charge in [0, 0.05) is 0 Å². The van der Waals surface area contributed by atoms with E-state index < -0.39 is 11.6 Å². The Hall–Kier alpha value is -0.570. The smallest absolute Gasteiger partial charge is 0.335 e. The van der Waals surface area contributed by atoms with E-state index in [0.717, 1.165) is 12.8 Å². The molecule has 1 rings (SSSR count). The van der Waals surface area contributed by atoms with Crippen molar-refractivity contribution in [3.05, 3.63) is 0 Å². The van der Waals surface area contributed by atoms with E-state index in [-0.39, 0.29) is 5.41 Å². The molecule has 1 fully saturated rings. The van der Waals surface area contributed by atoms with Gasteiger partial charge in [0.15, 0.2) is 5.60 Å². The first-order valence-electron chi connectivity index (χ1n) is 4.32. The average molecular weight is 172 g/mol. The Balaban J connectivity index is 2.74. The van der Waals surface area contributed by atoms with Crippen LogP contribution in [0.3, 0.4) is 0 Å². The van der Waals surface area contributed by atoms with Crippen LogP contribution in [0.15, 0.2) is 0 Å². The molecule has 0 aliphatic heterocycles. The molecule has 0 bridgehead atoms. The largest absolute Gasteiger partial charge is 0.479 e. The van der Waals surface area contributed by atoms with Crippen molar-refractivity contribution in [1.29, 1.82) is 0 Å². The molecule has 0 spiro atoms. The highest BCUT2D eigenvalue weighted by Gasteiger charge is 2.43. The van der Waals surface area contributed by atoms with Crippen LogP contribution in [0.5, 0.6) is 0 Å². The summed E-state index contributed by atoms with van der Waals surface area (Å²) < 4.78 is 0. The predicted octanol–water partition coefficient (Wildman–Crippen LogP) is 1.40. The molecule has 1 saturated carbocycles. The van der Waals surface area contributed by atoms with Crippen molar-refractivity contribution in [2.45, 2.75) is 45.1 Å². The third-order valence-corrected chi connectivity index (χ3v) is 2.61. The van der Waals surface area contributed by atoms with Crippen LogP contribution in [0.2, 0.25) is 0 Å². The van der Waals surface area contributed by atoms with Crippen molar-refractivity contribution >= 4 is 5.97 Å². The van der Waals surface area contributed by atoms with Gasteiger partial charge < -0.3 is 10.2 Å². The second-order valence-corrected chi connectivity index (χ2v) is 4.53. The van der Waals surface area contributed by atoms with Gasteiger partial charge in [-0.25, -0.2) is 4.79 Å². The topological polar surface area (TPSA) is 57.5 Å². The van der Waals surface area contributed by atoms with E-state index in [1.54, 1.807) is 0 Å². The standard InChI is InChI=1S/C9H16O3/c1-8(2)4-3-5-9(12,6-8)7(10)11/h12H,3-6H2,1-2H3,(H,10,11). The van der Waals surface area contributed by atoms with Gasteiger partial charge in [-0.1, -0.05) is 13.8 Å². The first-order valence-corrected chi connectivity index (χ1v) is 4.32. The van der Waals surface area contributed by atoms with Crippen LogP contribution in [0.1, 0.15) is 39.5 Å². The summed E-state index contributed by atoms with van der Waals surface area (Å²) in [5, 5.41) is 18.5. The number of hydrogen-bond acceptors (Lipinski definition) is 2. The van der Waals surface area contributed by atoms with Gasteiger partial charge in [-0.2, -0.15) is 0 Å². The van der Waals surface area contributed by atoms with Gasteiger partial charge in [0.1, 0.15) is 0 Å². The maximum atomic E-state index is 10.7. The fraction of sp³-hybridized carbons (Fsp3) is 0.889. The van der Waals surface area contributed by atoms with Crippen LogP contribution in [0.4, 0.5) is 0 Å².